The molecule has 1 unspecified atom stereocenters. The minimum atomic E-state index is -0.738. The molecule has 2 N–H and O–H groups in total. The van der Waals surface area contributed by atoms with Gasteiger partial charge in [-0.3, -0.25) is 4.79 Å². The summed E-state index contributed by atoms with van der Waals surface area (Å²) in [5.41, 5.74) is 5.34. The van der Waals surface area contributed by atoms with Gasteiger partial charge in [0.2, 0.25) is 5.78 Å². The molecule has 0 bridgehead atoms. The van der Waals surface area contributed by atoms with Crippen LogP contribution in [0.3, 0.4) is 0 Å². The Morgan fingerprint density at radius 2 is 2.40 bits per heavy atom. The number of ketones is 1. The molecule has 0 spiro atoms. The fraction of sp³-hybridized carbons (Fsp3) is 0.636. The van der Waals surface area contributed by atoms with E-state index in [0.29, 0.717) is 11.7 Å². The maximum Gasteiger partial charge on any atom is 0.217 e. The number of carbonyl (C=O) groups excluding carboxylic acids is 1. The Kier molecular flexibility index (Phi) is 2.38. The van der Waals surface area contributed by atoms with Gasteiger partial charge < -0.3 is 10.3 Å². The van der Waals surface area contributed by atoms with Crippen LogP contribution >= 0.6 is 0 Å². The summed E-state index contributed by atoms with van der Waals surface area (Å²) < 4.78 is 1.84. The Labute approximate surface area is 89.5 Å². The summed E-state index contributed by atoms with van der Waals surface area (Å²) in [5, 5.41) is 0. The summed E-state index contributed by atoms with van der Waals surface area (Å²) in [5.74, 6) is 0.804. The minimum absolute atomic E-state index is 0.0307. The van der Waals surface area contributed by atoms with Gasteiger partial charge >= 0.3 is 0 Å². The van der Waals surface area contributed by atoms with Crippen molar-refractivity contribution in [1.29, 1.82) is 0 Å². The molecule has 82 valence electrons. The first-order valence-electron chi connectivity index (χ1n) is 5.42. The van der Waals surface area contributed by atoms with E-state index in [9.17, 15) is 4.79 Å². The number of rotatable bonds is 4. The summed E-state index contributed by atoms with van der Waals surface area (Å²) in [6.45, 7) is 4.56. The van der Waals surface area contributed by atoms with Crippen LogP contribution in [0.5, 0.6) is 0 Å². The molecule has 2 rings (SSSR count). The second kappa shape index (κ2) is 3.45. The fourth-order valence-corrected chi connectivity index (χ4v) is 1.88. The third-order valence-corrected chi connectivity index (χ3v) is 3.17. The van der Waals surface area contributed by atoms with Gasteiger partial charge in [0.05, 0.1) is 5.54 Å². The van der Waals surface area contributed by atoms with Gasteiger partial charge in [-0.15, -0.1) is 0 Å². The van der Waals surface area contributed by atoms with E-state index in [2.05, 4.69) is 4.98 Å². The van der Waals surface area contributed by atoms with E-state index >= 15 is 0 Å². The number of hydrogen-bond acceptors (Lipinski definition) is 3. The summed E-state index contributed by atoms with van der Waals surface area (Å²) in [7, 11) is 0. The van der Waals surface area contributed by atoms with Crippen LogP contribution in [0.1, 0.15) is 37.3 Å². The fourth-order valence-electron chi connectivity index (χ4n) is 1.88. The Balaban J connectivity index is 2.27. The molecule has 4 nitrogen and oxygen atoms in total. The van der Waals surface area contributed by atoms with Crippen molar-refractivity contribution in [3.63, 3.8) is 0 Å². The van der Waals surface area contributed by atoms with Crippen molar-refractivity contribution >= 4 is 5.78 Å². The van der Waals surface area contributed by atoms with E-state index in [1.54, 1.807) is 6.20 Å². The van der Waals surface area contributed by atoms with Crippen molar-refractivity contribution in [1.82, 2.24) is 9.55 Å². The average Bonchev–Trinajstić information content (AvgIpc) is 2.96. The summed E-state index contributed by atoms with van der Waals surface area (Å²) >= 11 is 0. The largest absolute Gasteiger partial charge is 0.329 e. The van der Waals surface area contributed by atoms with Gasteiger partial charge in [0, 0.05) is 18.9 Å². The van der Waals surface area contributed by atoms with E-state index in [0.717, 1.165) is 19.4 Å². The topological polar surface area (TPSA) is 60.9 Å². The van der Waals surface area contributed by atoms with Gasteiger partial charge in [0.1, 0.15) is 0 Å². The first-order chi connectivity index (χ1) is 7.07. The van der Waals surface area contributed by atoms with Crippen LogP contribution in [0, 0.1) is 5.92 Å². The molecule has 0 aliphatic heterocycles. The molecule has 0 aromatic carbocycles. The molecule has 15 heavy (non-hydrogen) atoms. The van der Waals surface area contributed by atoms with Gasteiger partial charge in [0.15, 0.2) is 5.82 Å². The lowest BCUT2D eigenvalue weighted by Gasteiger charge is -2.22. The van der Waals surface area contributed by atoms with Crippen molar-refractivity contribution in [3.05, 3.63) is 18.2 Å². The lowest BCUT2D eigenvalue weighted by molar-refractivity contribution is 0.0868. The maximum atomic E-state index is 12.2. The number of aryl methyl sites for hydroxylation is 1. The molecule has 1 aliphatic rings. The molecule has 0 saturated heterocycles. The zero-order chi connectivity index (χ0) is 11.1. The summed E-state index contributed by atoms with van der Waals surface area (Å²) in [6.07, 6.45) is 5.59. The first-order valence-corrected chi connectivity index (χ1v) is 5.42. The molecule has 4 heteroatoms. The van der Waals surface area contributed by atoms with Crippen molar-refractivity contribution < 1.29 is 4.79 Å². The van der Waals surface area contributed by atoms with Gasteiger partial charge in [-0.1, -0.05) is 0 Å². The Morgan fingerprint density at radius 3 is 2.93 bits per heavy atom. The maximum absolute atomic E-state index is 12.2. The van der Waals surface area contributed by atoms with E-state index in [1.165, 1.54) is 0 Å². The molecule has 1 aliphatic carbocycles. The SMILES string of the molecule is CCn1ccnc1C(=O)C(C)(N)C1CC1. The van der Waals surface area contributed by atoms with Crippen LogP contribution in [0.4, 0.5) is 0 Å². The van der Waals surface area contributed by atoms with Crippen LogP contribution in [0.25, 0.3) is 0 Å². The lowest BCUT2D eigenvalue weighted by Crippen LogP contribution is -2.48. The Bertz CT molecular complexity index is 377. The molecule has 1 heterocycles. The zero-order valence-corrected chi connectivity index (χ0v) is 9.23. The van der Waals surface area contributed by atoms with Crippen LogP contribution in [0.15, 0.2) is 12.4 Å². The highest BCUT2D eigenvalue weighted by molar-refractivity contribution is 6.00. The van der Waals surface area contributed by atoms with Crippen molar-refractivity contribution in [2.24, 2.45) is 11.7 Å². The smallest absolute Gasteiger partial charge is 0.217 e. The van der Waals surface area contributed by atoms with E-state index in [4.69, 9.17) is 5.73 Å². The molecule has 1 aromatic rings. The molecule has 1 fully saturated rings. The van der Waals surface area contributed by atoms with Crippen molar-refractivity contribution in [2.45, 2.75) is 38.8 Å². The number of Topliss-reactive ketones (excluding diaryl/α,β-unsaturated/α-hetero) is 1. The Morgan fingerprint density at radius 1 is 1.73 bits per heavy atom. The van der Waals surface area contributed by atoms with Crippen molar-refractivity contribution in [3.8, 4) is 0 Å². The molecule has 1 saturated carbocycles. The van der Waals surface area contributed by atoms with E-state index in [-0.39, 0.29) is 5.78 Å². The van der Waals surface area contributed by atoms with Crippen LogP contribution in [0.2, 0.25) is 0 Å². The first kappa shape index (κ1) is 10.4. The zero-order valence-electron chi connectivity index (χ0n) is 9.23. The van der Waals surface area contributed by atoms with Crippen molar-refractivity contribution in [2.75, 3.05) is 0 Å². The number of carbonyl (C=O) groups is 1. The highest BCUT2D eigenvalue weighted by Crippen LogP contribution is 2.39. The second-order valence-electron chi connectivity index (χ2n) is 4.42. The Hall–Kier alpha value is -1.16. The third-order valence-electron chi connectivity index (χ3n) is 3.17. The molecular formula is C11H17N3O. The quantitative estimate of drug-likeness (QED) is 0.755. The number of nitrogens with two attached hydrogens (primary N) is 1. The van der Waals surface area contributed by atoms with Gasteiger partial charge in [-0.25, -0.2) is 4.98 Å². The summed E-state index contributed by atoms with van der Waals surface area (Å²) in [6, 6.07) is 0. The van der Waals surface area contributed by atoms with Crippen LogP contribution in [-0.4, -0.2) is 20.9 Å². The molecular weight excluding hydrogens is 190 g/mol. The predicted molar refractivity (Wildman–Crippen MR) is 57.5 cm³/mol. The van der Waals surface area contributed by atoms with Gasteiger partial charge in [-0.05, 0) is 32.6 Å². The van der Waals surface area contributed by atoms with Crippen LogP contribution < -0.4 is 5.73 Å². The number of nitrogens with zero attached hydrogens (tertiary/aromatic N) is 2. The lowest BCUT2D eigenvalue weighted by atomic mass is 9.91. The standard InChI is InChI=1S/C11H17N3O/c1-3-14-7-6-13-10(14)9(15)11(2,12)8-4-5-8/h6-8H,3-5,12H2,1-2H3. The van der Waals surface area contributed by atoms with Gasteiger partial charge in [0.25, 0.3) is 0 Å². The van der Waals surface area contributed by atoms with E-state index < -0.39 is 5.54 Å². The number of aromatic nitrogens is 2. The number of imidazole rings is 1. The highest BCUT2D eigenvalue weighted by atomic mass is 16.1. The summed E-state index contributed by atoms with van der Waals surface area (Å²) in [4.78, 5) is 16.3. The molecule has 1 atom stereocenters. The monoisotopic (exact) mass is 207 g/mol. The molecule has 1 aromatic heterocycles. The molecule has 0 radical (unpaired) electrons. The van der Waals surface area contributed by atoms with Gasteiger partial charge in [-0.2, -0.15) is 0 Å². The predicted octanol–water partition coefficient (Wildman–Crippen LogP) is 1.21. The number of hydrogen-bond donors (Lipinski definition) is 1. The second-order valence-corrected chi connectivity index (χ2v) is 4.42. The van der Waals surface area contributed by atoms with Crippen LogP contribution in [-0.2, 0) is 6.54 Å². The minimum Gasteiger partial charge on any atom is -0.329 e. The van der Waals surface area contributed by atoms with E-state index in [1.807, 2.05) is 24.6 Å². The normalized spacial score (nSPS) is 19.9. The highest BCUT2D eigenvalue weighted by Gasteiger charge is 2.45. The molecule has 0 amide bonds. The average molecular weight is 207 g/mol. The third kappa shape index (κ3) is 1.69.